The third-order valence-electron chi connectivity index (χ3n) is 4.19. The van der Waals surface area contributed by atoms with Crippen molar-refractivity contribution in [3.05, 3.63) is 80.8 Å². The summed E-state index contributed by atoms with van der Waals surface area (Å²) < 4.78 is 26.1. The van der Waals surface area contributed by atoms with Crippen LogP contribution in [-0.4, -0.2) is 16.8 Å². The molecule has 5 nitrogen and oxygen atoms in total. The van der Waals surface area contributed by atoms with Crippen LogP contribution in [0.2, 0.25) is 0 Å². The van der Waals surface area contributed by atoms with Gasteiger partial charge in [-0.25, -0.2) is 13.8 Å². The summed E-state index contributed by atoms with van der Waals surface area (Å²) in [5.41, 5.74) is 2.46. The van der Waals surface area contributed by atoms with Crippen molar-refractivity contribution in [3.63, 3.8) is 0 Å². The summed E-state index contributed by atoms with van der Waals surface area (Å²) in [6, 6.07) is 9.99. The van der Waals surface area contributed by atoms with Crippen molar-refractivity contribution in [2.45, 2.75) is 26.8 Å². The van der Waals surface area contributed by atoms with E-state index in [1.54, 1.807) is 26.0 Å². The van der Waals surface area contributed by atoms with Crippen LogP contribution in [-0.2, 0) is 17.8 Å². The molecule has 2 amide bonds. The Labute approximate surface area is 170 Å². The van der Waals surface area contributed by atoms with Crippen LogP contribution >= 0.6 is 11.3 Å². The van der Waals surface area contributed by atoms with Crippen molar-refractivity contribution in [1.82, 2.24) is 10.3 Å². The van der Waals surface area contributed by atoms with Gasteiger partial charge in [0.05, 0.1) is 12.1 Å². The van der Waals surface area contributed by atoms with Crippen LogP contribution in [0.3, 0.4) is 0 Å². The maximum absolute atomic E-state index is 13.2. The second-order valence-corrected chi connectivity index (χ2v) is 7.60. The molecule has 8 heteroatoms. The van der Waals surface area contributed by atoms with Crippen LogP contribution in [0.1, 0.15) is 31.5 Å². The minimum Gasteiger partial charge on any atom is -0.347 e. The highest BCUT2D eigenvalue weighted by Crippen LogP contribution is 2.20. The molecule has 0 atom stereocenters. The second-order valence-electron chi connectivity index (χ2n) is 6.52. The lowest BCUT2D eigenvalue weighted by Crippen LogP contribution is -2.22. The number of halogens is 2. The number of aryl methyl sites for hydroxylation is 2. The fourth-order valence-electron chi connectivity index (χ4n) is 2.70. The van der Waals surface area contributed by atoms with Crippen LogP contribution in [0.5, 0.6) is 0 Å². The van der Waals surface area contributed by atoms with Gasteiger partial charge in [-0.3, -0.25) is 9.59 Å². The van der Waals surface area contributed by atoms with Crippen molar-refractivity contribution in [3.8, 4) is 0 Å². The van der Waals surface area contributed by atoms with Crippen LogP contribution in [0.15, 0.2) is 42.5 Å². The van der Waals surface area contributed by atoms with Crippen LogP contribution in [0.4, 0.5) is 14.5 Å². The van der Waals surface area contributed by atoms with Crippen molar-refractivity contribution in [1.29, 1.82) is 0 Å². The average molecular weight is 415 g/mol. The summed E-state index contributed by atoms with van der Waals surface area (Å²) in [5.74, 6) is -1.30. The van der Waals surface area contributed by atoms with Crippen molar-refractivity contribution < 1.29 is 18.4 Å². The number of aromatic nitrogens is 1. The Balaban J connectivity index is 1.60. The third-order valence-corrected chi connectivity index (χ3v) is 5.34. The smallest absolute Gasteiger partial charge is 0.263 e. The highest BCUT2D eigenvalue weighted by molar-refractivity contribution is 7.13. The Bertz CT molecular complexity index is 1050. The van der Waals surface area contributed by atoms with Gasteiger partial charge in [-0.2, -0.15) is 0 Å². The Morgan fingerprint density at radius 2 is 1.72 bits per heavy atom. The number of nitrogens with one attached hydrogen (secondary N) is 2. The van der Waals surface area contributed by atoms with Gasteiger partial charge in [0.15, 0.2) is 0 Å². The van der Waals surface area contributed by atoms with Gasteiger partial charge in [-0.15, -0.1) is 11.3 Å². The van der Waals surface area contributed by atoms with Gasteiger partial charge in [-0.1, -0.05) is 12.1 Å². The number of anilines is 1. The number of hydrogen-bond acceptors (Lipinski definition) is 4. The first-order chi connectivity index (χ1) is 13.8. The summed E-state index contributed by atoms with van der Waals surface area (Å²) in [4.78, 5) is 29.4. The molecule has 3 aromatic rings. The lowest BCUT2D eigenvalue weighted by molar-refractivity contribution is -0.115. The van der Waals surface area contributed by atoms with Crippen molar-refractivity contribution in [2.24, 2.45) is 0 Å². The van der Waals surface area contributed by atoms with E-state index in [4.69, 9.17) is 0 Å². The number of carbonyl (C=O) groups is 2. The second kappa shape index (κ2) is 8.91. The maximum Gasteiger partial charge on any atom is 0.263 e. The van der Waals surface area contributed by atoms with Gasteiger partial charge in [0.1, 0.15) is 21.5 Å². The fraction of sp³-hybridized carbons (Fsp3) is 0.190. The zero-order chi connectivity index (χ0) is 21.0. The molecular formula is C21H19F2N3O2S. The van der Waals surface area contributed by atoms with Crippen LogP contribution in [0, 0.1) is 25.5 Å². The Kier molecular flexibility index (Phi) is 6.33. The van der Waals surface area contributed by atoms with Gasteiger partial charge < -0.3 is 10.6 Å². The van der Waals surface area contributed by atoms with Crippen molar-refractivity contribution in [2.75, 3.05) is 5.32 Å². The lowest BCUT2D eigenvalue weighted by atomic mass is 10.2. The monoisotopic (exact) mass is 415 g/mol. The number of thiazole rings is 1. The number of nitrogens with zero attached hydrogens (tertiary/aromatic N) is 1. The van der Waals surface area contributed by atoms with E-state index in [2.05, 4.69) is 15.6 Å². The predicted octanol–water partition coefficient (Wildman–Crippen LogP) is 4.15. The number of benzene rings is 2. The number of rotatable bonds is 6. The first kappa shape index (κ1) is 20.6. The van der Waals surface area contributed by atoms with Gasteiger partial charge in [0.2, 0.25) is 5.91 Å². The predicted molar refractivity (Wildman–Crippen MR) is 108 cm³/mol. The van der Waals surface area contributed by atoms with Crippen LogP contribution < -0.4 is 10.6 Å². The number of hydrogen-bond donors (Lipinski definition) is 2. The zero-order valence-electron chi connectivity index (χ0n) is 15.9. The van der Waals surface area contributed by atoms with E-state index in [0.29, 0.717) is 26.8 Å². The average Bonchev–Trinajstić information content (AvgIpc) is 3.03. The zero-order valence-corrected chi connectivity index (χ0v) is 16.7. The highest BCUT2D eigenvalue weighted by atomic mass is 32.1. The van der Waals surface area contributed by atoms with Gasteiger partial charge in [0.25, 0.3) is 5.91 Å². The van der Waals surface area contributed by atoms with Crippen molar-refractivity contribution >= 4 is 28.8 Å². The minimum atomic E-state index is -0.368. The minimum absolute atomic E-state index is 0.00751. The summed E-state index contributed by atoms with van der Waals surface area (Å²) >= 11 is 1.15. The first-order valence-electron chi connectivity index (χ1n) is 8.87. The van der Waals surface area contributed by atoms with E-state index in [0.717, 1.165) is 16.9 Å². The fourth-order valence-corrected chi connectivity index (χ4v) is 3.68. The van der Waals surface area contributed by atoms with Crippen LogP contribution in [0.25, 0.3) is 0 Å². The SMILES string of the molecule is Cc1cc(F)ccc1NC(=O)Cc1nc(C)c(C(=O)NCc2ccc(F)cc2)s1. The molecule has 29 heavy (non-hydrogen) atoms. The Hall–Kier alpha value is -3.13. The third kappa shape index (κ3) is 5.45. The molecule has 3 rings (SSSR count). The lowest BCUT2D eigenvalue weighted by Gasteiger charge is -2.07. The molecule has 0 aliphatic rings. The Morgan fingerprint density at radius 1 is 1.03 bits per heavy atom. The van der Waals surface area contributed by atoms with Gasteiger partial charge >= 0.3 is 0 Å². The highest BCUT2D eigenvalue weighted by Gasteiger charge is 2.17. The summed E-state index contributed by atoms with van der Waals surface area (Å²) in [6.07, 6.45) is 0.00751. The topological polar surface area (TPSA) is 71.1 Å². The quantitative estimate of drug-likeness (QED) is 0.635. The molecule has 0 fully saturated rings. The molecule has 2 N–H and O–H groups in total. The molecule has 0 bridgehead atoms. The number of amides is 2. The van der Waals surface area contributed by atoms with E-state index in [1.807, 2.05) is 0 Å². The standard InChI is InChI=1S/C21H19F2N3O2S/c1-12-9-16(23)7-8-17(12)26-18(27)10-19-25-13(2)20(29-19)21(28)24-11-14-3-5-15(22)6-4-14/h3-9H,10-11H2,1-2H3,(H,24,28)(H,26,27). The van der Waals surface area contributed by atoms with Gasteiger partial charge in [0, 0.05) is 12.2 Å². The normalized spacial score (nSPS) is 10.6. The largest absolute Gasteiger partial charge is 0.347 e. The van der Waals surface area contributed by atoms with E-state index in [1.165, 1.54) is 30.3 Å². The molecule has 0 saturated carbocycles. The molecule has 0 unspecified atom stereocenters. The molecule has 2 aromatic carbocycles. The van der Waals surface area contributed by atoms with E-state index < -0.39 is 0 Å². The molecule has 0 saturated heterocycles. The summed E-state index contributed by atoms with van der Waals surface area (Å²) in [6.45, 7) is 3.67. The first-order valence-corrected chi connectivity index (χ1v) is 9.68. The molecule has 1 aromatic heterocycles. The molecule has 0 radical (unpaired) electrons. The number of carbonyl (C=O) groups excluding carboxylic acids is 2. The molecule has 1 heterocycles. The maximum atomic E-state index is 13.2. The summed E-state index contributed by atoms with van der Waals surface area (Å²) in [7, 11) is 0. The van der Waals surface area contributed by atoms with E-state index in [-0.39, 0.29) is 36.4 Å². The molecule has 150 valence electrons. The molecule has 0 aliphatic carbocycles. The van der Waals surface area contributed by atoms with E-state index >= 15 is 0 Å². The van der Waals surface area contributed by atoms with Gasteiger partial charge in [-0.05, 0) is 55.3 Å². The molecule has 0 aliphatic heterocycles. The molecular weight excluding hydrogens is 396 g/mol. The van der Waals surface area contributed by atoms with E-state index in [9.17, 15) is 18.4 Å². The molecule has 0 spiro atoms. The summed E-state index contributed by atoms with van der Waals surface area (Å²) in [5, 5.41) is 6.00. The Morgan fingerprint density at radius 3 is 2.41 bits per heavy atom.